The molecule has 11 nitrogen and oxygen atoms in total. The van der Waals surface area contributed by atoms with E-state index in [0.29, 0.717) is 25.0 Å². The van der Waals surface area contributed by atoms with Gasteiger partial charge in [0.15, 0.2) is 18.2 Å². The Labute approximate surface area is 220 Å². The molecule has 8 atom stereocenters. The fourth-order valence-corrected chi connectivity index (χ4v) is 7.66. The second kappa shape index (κ2) is 8.79. The van der Waals surface area contributed by atoms with Crippen LogP contribution in [0.4, 0.5) is 5.69 Å². The molecule has 4 aliphatic heterocycles. The first-order valence-corrected chi connectivity index (χ1v) is 13.8. The van der Waals surface area contributed by atoms with E-state index in [1.807, 2.05) is 17.7 Å². The highest BCUT2D eigenvalue weighted by Crippen LogP contribution is 2.60. The van der Waals surface area contributed by atoms with Gasteiger partial charge in [0.25, 0.3) is 5.69 Å². The Morgan fingerprint density at radius 3 is 2.89 bits per heavy atom. The van der Waals surface area contributed by atoms with Crippen LogP contribution in [-0.2, 0) is 43.4 Å². The van der Waals surface area contributed by atoms with Crippen LogP contribution < -0.4 is 0 Å². The van der Waals surface area contributed by atoms with Crippen LogP contribution >= 0.6 is 0 Å². The van der Waals surface area contributed by atoms with Crippen molar-refractivity contribution >= 4 is 5.69 Å². The summed E-state index contributed by atoms with van der Waals surface area (Å²) in [7, 11) is 0. The molecule has 2 bridgehead atoms. The Bertz CT molecular complexity index is 1270. The van der Waals surface area contributed by atoms with Gasteiger partial charge in [0.05, 0.1) is 23.8 Å². The number of fused-ring (bicyclic) bond motifs is 5. The number of hydrogen-bond donors (Lipinski definition) is 0. The molecule has 11 heteroatoms. The summed E-state index contributed by atoms with van der Waals surface area (Å²) in [6.45, 7) is 7.32. The average Bonchev–Trinajstić information content (AvgIpc) is 3.19. The first-order chi connectivity index (χ1) is 18.3. The van der Waals surface area contributed by atoms with Gasteiger partial charge in [-0.15, -0.1) is 5.10 Å². The van der Waals surface area contributed by atoms with Crippen LogP contribution in [0.3, 0.4) is 0 Å². The molecule has 8 rings (SSSR count). The third-order valence-electron chi connectivity index (χ3n) is 9.71. The maximum atomic E-state index is 11.3. The predicted molar refractivity (Wildman–Crippen MR) is 132 cm³/mol. The van der Waals surface area contributed by atoms with E-state index >= 15 is 0 Å². The lowest BCUT2D eigenvalue weighted by Crippen LogP contribution is -2.70. The number of hydrogen-bond acceptors (Lipinski definition) is 9. The van der Waals surface area contributed by atoms with Crippen LogP contribution in [0.1, 0.15) is 57.7 Å². The second-order valence-electron chi connectivity index (χ2n) is 11.9. The number of nitrogens with zero attached hydrogens (tertiary/aromatic N) is 4. The van der Waals surface area contributed by atoms with Gasteiger partial charge < -0.3 is 14.2 Å². The van der Waals surface area contributed by atoms with E-state index in [4.69, 9.17) is 24.0 Å². The third-order valence-corrected chi connectivity index (χ3v) is 9.71. The minimum atomic E-state index is -0.812. The molecule has 2 aliphatic carbocycles. The van der Waals surface area contributed by atoms with E-state index in [9.17, 15) is 10.1 Å². The molecule has 2 aromatic rings. The second-order valence-corrected chi connectivity index (χ2v) is 11.9. The van der Waals surface area contributed by atoms with Gasteiger partial charge in [-0.2, -0.15) is 0 Å². The largest absolute Gasteiger partial charge is 0.350 e. The maximum Gasteiger partial charge on any atom is 0.270 e. The van der Waals surface area contributed by atoms with E-state index in [0.717, 1.165) is 61.0 Å². The molecule has 204 valence electrons. The molecule has 38 heavy (non-hydrogen) atoms. The fourth-order valence-electron chi connectivity index (χ4n) is 7.66. The summed E-state index contributed by atoms with van der Waals surface area (Å²) in [5.41, 5.74) is 3.00. The predicted octanol–water partition coefficient (Wildman–Crippen LogP) is 4.18. The highest BCUT2D eigenvalue weighted by molar-refractivity contribution is 5.70. The summed E-state index contributed by atoms with van der Waals surface area (Å²) < 4.78 is 21.1. The van der Waals surface area contributed by atoms with E-state index in [-0.39, 0.29) is 22.4 Å². The van der Waals surface area contributed by atoms with Gasteiger partial charge in [0.2, 0.25) is 5.79 Å². The summed E-state index contributed by atoms with van der Waals surface area (Å²) in [4.78, 5) is 23.0. The normalized spacial score (nSPS) is 39.1. The Morgan fingerprint density at radius 2 is 2.05 bits per heavy atom. The Morgan fingerprint density at radius 1 is 1.18 bits per heavy atom. The smallest absolute Gasteiger partial charge is 0.270 e. The molecule has 6 aliphatic rings. The van der Waals surface area contributed by atoms with Crippen LogP contribution in [0.25, 0.3) is 11.3 Å². The van der Waals surface area contributed by atoms with Crippen molar-refractivity contribution in [2.75, 3.05) is 6.61 Å². The topological polar surface area (TPSA) is 120 Å². The fraction of sp³-hybridized carbons (Fsp3) is 0.704. The Hall–Kier alpha value is -2.44. The molecule has 1 saturated carbocycles. The number of nitro groups is 1. The molecule has 1 aromatic heterocycles. The van der Waals surface area contributed by atoms with Crippen molar-refractivity contribution in [3.05, 3.63) is 39.6 Å². The van der Waals surface area contributed by atoms with Gasteiger partial charge in [-0.25, -0.2) is 14.5 Å². The SMILES string of the molecule is C[C@H]1[C@H](OCCn2nnc3c2CCc2ccc([N+](=O)[O-])cc2-3)O[C@@H]2O[C@@]3(C)CCC4[C@H](C)CC[C@@H]1[C@]42OO3. The van der Waals surface area contributed by atoms with E-state index < -0.39 is 24.0 Å². The monoisotopic (exact) mass is 526 g/mol. The summed E-state index contributed by atoms with van der Waals surface area (Å²) >= 11 is 0. The van der Waals surface area contributed by atoms with Gasteiger partial charge in [-0.3, -0.25) is 10.1 Å². The molecule has 0 amide bonds. The Balaban J connectivity index is 1.08. The summed E-state index contributed by atoms with van der Waals surface area (Å²) in [5.74, 6) is 0.335. The zero-order valence-corrected chi connectivity index (χ0v) is 22.0. The quantitative estimate of drug-likeness (QED) is 0.321. The van der Waals surface area contributed by atoms with Crippen LogP contribution in [0.2, 0.25) is 0 Å². The molecule has 5 heterocycles. The molecular formula is C27H34N4O7. The molecule has 1 spiro atoms. The van der Waals surface area contributed by atoms with Gasteiger partial charge in [0.1, 0.15) is 5.69 Å². The van der Waals surface area contributed by atoms with E-state index in [1.54, 1.807) is 12.1 Å². The van der Waals surface area contributed by atoms with Crippen molar-refractivity contribution in [1.82, 2.24) is 15.0 Å². The first-order valence-electron chi connectivity index (χ1n) is 13.8. The van der Waals surface area contributed by atoms with Gasteiger partial charge >= 0.3 is 0 Å². The minimum absolute atomic E-state index is 0.0627. The molecule has 0 N–H and O–H groups in total. The van der Waals surface area contributed by atoms with Crippen molar-refractivity contribution in [2.45, 2.75) is 89.8 Å². The van der Waals surface area contributed by atoms with Crippen molar-refractivity contribution in [2.24, 2.45) is 23.7 Å². The lowest BCUT2D eigenvalue weighted by Gasteiger charge is -2.60. The molecule has 4 saturated heterocycles. The standard InChI is InChI=1S/C27H34N4O7/c1-15-4-8-21-16(2)24(35-25-27(21)20(15)10-11-26(3,36-25)37-38-27)34-13-12-30-22-9-6-17-5-7-18(31(32)33)14-19(17)23(22)28-29-30/h5,7,14-16,20-21,24-25H,4,6,8-13H2,1-3H3/t15-,16-,20?,21+,24-,25-,26-,27-/m1/s1. The van der Waals surface area contributed by atoms with Crippen molar-refractivity contribution < 1.29 is 28.9 Å². The number of aromatic nitrogens is 3. The van der Waals surface area contributed by atoms with Gasteiger partial charge in [0, 0.05) is 36.0 Å². The summed E-state index contributed by atoms with van der Waals surface area (Å²) in [6.07, 6.45) is 4.54. The highest BCUT2D eigenvalue weighted by atomic mass is 17.3. The molecular weight excluding hydrogens is 492 g/mol. The number of benzene rings is 1. The zero-order valence-electron chi connectivity index (χ0n) is 22.0. The van der Waals surface area contributed by atoms with Crippen LogP contribution in [0.15, 0.2) is 18.2 Å². The first kappa shape index (κ1) is 24.6. The van der Waals surface area contributed by atoms with Gasteiger partial charge in [-0.05, 0) is 56.4 Å². The van der Waals surface area contributed by atoms with Crippen LogP contribution in [-0.4, -0.2) is 50.5 Å². The molecule has 1 aromatic carbocycles. The molecule has 5 fully saturated rings. The van der Waals surface area contributed by atoms with Crippen LogP contribution in [0, 0.1) is 33.8 Å². The number of non-ortho nitro benzene ring substituents is 1. The highest BCUT2D eigenvalue weighted by Gasteiger charge is 2.69. The summed E-state index contributed by atoms with van der Waals surface area (Å²) in [5, 5.41) is 20.0. The van der Waals surface area contributed by atoms with Crippen molar-refractivity contribution in [3.63, 3.8) is 0 Å². The molecule has 0 radical (unpaired) electrons. The third kappa shape index (κ3) is 3.59. The number of ether oxygens (including phenoxy) is 3. The number of nitro benzene ring substituents is 1. The zero-order chi connectivity index (χ0) is 26.2. The van der Waals surface area contributed by atoms with Gasteiger partial charge in [-0.1, -0.05) is 25.1 Å². The number of rotatable bonds is 5. The van der Waals surface area contributed by atoms with Crippen molar-refractivity contribution in [1.29, 1.82) is 0 Å². The maximum absolute atomic E-state index is 11.3. The minimum Gasteiger partial charge on any atom is -0.350 e. The summed E-state index contributed by atoms with van der Waals surface area (Å²) in [6, 6.07) is 4.97. The Kier molecular flexibility index (Phi) is 5.69. The number of aryl methyl sites for hydroxylation is 1. The lowest BCUT2D eigenvalue weighted by molar-refractivity contribution is -0.577. The van der Waals surface area contributed by atoms with Crippen molar-refractivity contribution in [3.8, 4) is 11.3 Å². The van der Waals surface area contributed by atoms with E-state index in [1.165, 1.54) is 0 Å². The average molecular weight is 527 g/mol. The lowest BCUT2D eigenvalue weighted by atomic mass is 9.58. The van der Waals surface area contributed by atoms with Crippen LogP contribution in [0.5, 0.6) is 0 Å². The van der Waals surface area contributed by atoms with E-state index in [2.05, 4.69) is 24.2 Å². The molecule has 1 unspecified atom stereocenters.